The average molecular weight is 244 g/mol. The predicted molar refractivity (Wildman–Crippen MR) is 67.5 cm³/mol. The van der Waals surface area contributed by atoms with Gasteiger partial charge in [-0.15, -0.1) is 5.10 Å². The summed E-state index contributed by atoms with van der Waals surface area (Å²) in [5.74, 6) is 0.881. The lowest BCUT2D eigenvalue weighted by Crippen LogP contribution is -2.26. The first-order valence-electron chi connectivity index (χ1n) is 5.64. The summed E-state index contributed by atoms with van der Waals surface area (Å²) in [4.78, 5) is 2.05. The molecule has 1 aromatic rings. The Hall–Kier alpha value is -0.880. The highest BCUT2D eigenvalue weighted by Crippen LogP contribution is 2.09. The van der Waals surface area contributed by atoms with Crippen molar-refractivity contribution < 1.29 is 4.74 Å². The SMILES string of the molecule is CCCn1c(N(C)CCOCC)n[nH]c1=S. The second-order valence-corrected chi connectivity index (χ2v) is 3.99. The Labute approximate surface area is 101 Å². The van der Waals surface area contributed by atoms with E-state index in [0.29, 0.717) is 11.4 Å². The standard InChI is InChI=1S/C10H20N4OS/c1-4-6-14-9(11-12-10(14)16)13(3)7-8-15-5-2/h4-8H2,1-3H3,(H,12,16). The molecule has 0 aliphatic heterocycles. The van der Waals surface area contributed by atoms with E-state index < -0.39 is 0 Å². The molecule has 0 saturated heterocycles. The molecule has 1 N–H and O–H groups in total. The minimum atomic E-state index is 0.681. The van der Waals surface area contributed by atoms with E-state index in [-0.39, 0.29) is 0 Å². The van der Waals surface area contributed by atoms with E-state index in [9.17, 15) is 0 Å². The highest BCUT2D eigenvalue weighted by Gasteiger charge is 2.09. The number of ether oxygens (including phenoxy) is 1. The molecule has 0 radical (unpaired) electrons. The summed E-state index contributed by atoms with van der Waals surface area (Å²) in [6.07, 6.45) is 1.04. The van der Waals surface area contributed by atoms with Crippen LogP contribution < -0.4 is 4.90 Å². The molecule has 0 bridgehead atoms. The summed E-state index contributed by atoms with van der Waals surface area (Å²) >= 11 is 5.18. The first kappa shape index (κ1) is 13.2. The third-order valence-electron chi connectivity index (χ3n) is 2.30. The minimum Gasteiger partial charge on any atom is -0.380 e. The van der Waals surface area contributed by atoms with Crippen molar-refractivity contribution in [1.29, 1.82) is 0 Å². The summed E-state index contributed by atoms with van der Waals surface area (Å²) in [5, 5.41) is 7.06. The van der Waals surface area contributed by atoms with E-state index in [1.807, 2.05) is 18.5 Å². The van der Waals surface area contributed by atoms with Crippen molar-refractivity contribution in [3.05, 3.63) is 4.77 Å². The molecule has 0 spiro atoms. The second kappa shape index (κ2) is 6.65. The Balaban J connectivity index is 2.67. The van der Waals surface area contributed by atoms with Crippen molar-refractivity contribution >= 4 is 18.2 Å². The fraction of sp³-hybridized carbons (Fsp3) is 0.800. The van der Waals surface area contributed by atoms with E-state index in [2.05, 4.69) is 22.0 Å². The zero-order valence-corrected chi connectivity index (χ0v) is 11.0. The maximum Gasteiger partial charge on any atom is 0.225 e. The van der Waals surface area contributed by atoms with Gasteiger partial charge in [-0.1, -0.05) is 6.92 Å². The van der Waals surface area contributed by atoms with Crippen LogP contribution in [0.15, 0.2) is 0 Å². The molecule has 5 nitrogen and oxygen atoms in total. The molecule has 0 aromatic carbocycles. The van der Waals surface area contributed by atoms with Crippen molar-refractivity contribution in [3.63, 3.8) is 0 Å². The third kappa shape index (κ3) is 3.31. The van der Waals surface area contributed by atoms with Crippen LogP contribution in [0.1, 0.15) is 20.3 Å². The molecule has 6 heteroatoms. The van der Waals surface area contributed by atoms with Crippen LogP contribution in [-0.4, -0.2) is 41.6 Å². The largest absolute Gasteiger partial charge is 0.380 e. The van der Waals surface area contributed by atoms with Gasteiger partial charge in [0.25, 0.3) is 0 Å². The van der Waals surface area contributed by atoms with Gasteiger partial charge in [-0.25, -0.2) is 5.10 Å². The predicted octanol–water partition coefficient (Wildman–Crippen LogP) is 1.82. The molecule has 16 heavy (non-hydrogen) atoms. The Bertz CT molecular complexity index is 360. The lowest BCUT2D eigenvalue weighted by atomic mass is 10.5. The van der Waals surface area contributed by atoms with Crippen molar-refractivity contribution in [3.8, 4) is 0 Å². The molecular weight excluding hydrogens is 224 g/mol. The number of hydrogen-bond acceptors (Lipinski definition) is 4. The fourth-order valence-electron chi connectivity index (χ4n) is 1.47. The van der Waals surface area contributed by atoms with Gasteiger partial charge in [-0.2, -0.15) is 0 Å². The normalized spacial score (nSPS) is 10.7. The fourth-order valence-corrected chi connectivity index (χ4v) is 1.69. The lowest BCUT2D eigenvalue weighted by molar-refractivity contribution is 0.154. The molecule has 0 aliphatic carbocycles. The quantitative estimate of drug-likeness (QED) is 0.587. The van der Waals surface area contributed by atoms with E-state index in [0.717, 1.165) is 32.1 Å². The zero-order valence-electron chi connectivity index (χ0n) is 10.2. The summed E-state index contributed by atoms with van der Waals surface area (Å²) in [7, 11) is 2.00. The Morgan fingerprint density at radius 3 is 2.88 bits per heavy atom. The van der Waals surface area contributed by atoms with E-state index in [1.54, 1.807) is 0 Å². The summed E-state index contributed by atoms with van der Waals surface area (Å²) in [6.45, 7) is 7.28. The first-order valence-corrected chi connectivity index (χ1v) is 6.05. The van der Waals surface area contributed by atoms with E-state index >= 15 is 0 Å². The first-order chi connectivity index (χ1) is 7.70. The molecule has 0 atom stereocenters. The van der Waals surface area contributed by atoms with Gasteiger partial charge in [0, 0.05) is 26.7 Å². The molecule has 0 unspecified atom stereocenters. The maximum atomic E-state index is 5.32. The number of H-pyrrole nitrogens is 1. The third-order valence-corrected chi connectivity index (χ3v) is 2.61. The molecule has 1 heterocycles. The number of aromatic nitrogens is 3. The Kier molecular flexibility index (Phi) is 5.48. The van der Waals surface area contributed by atoms with Crippen LogP contribution >= 0.6 is 12.2 Å². The smallest absolute Gasteiger partial charge is 0.225 e. The summed E-state index contributed by atoms with van der Waals surface area (Å²) in [6, 6.07) is 0. The van der Waals surface area contributed by atoms with E-state index in [4.69, 9.17) is 17.0 Å². The van der Waals surface area contributed by atoms with Crippen molar-refractivity contribution in [2.45, 2.75) is 26.8 Å². The van der Waals surface area contributed by atoms with Crippen LogP contribution in [0.25, 0.3) is 0 Å². The van der Waals surface area contributed by atoms with E-state index in [1.165, 1.54) is 0 Å². The van der Waals surface area contributed by atoms with Crippen LogP contribution in [0.2, 0.25) is 0 Å². The van der Waals surface area contributed by atoms with Crippen LogP contribution in [0.3, 0.4) is 0 Å². The van der Waals surface area contributed by atoms with Crippen LogP contribution in [-0.2, 0) is 11.3 Å². The second-order valence-electron chi connectivity index (χ2n) is 3.60. The van der Waals surface area contributed by atoms with Gasteiger partial charge in [-0.3, -0.25) is 4.57 Å². The number of hydrogen-bond donors (Lipinski definition) is 1. The molecule has 0 amide bonds. The van der Waals surface area contributed by atoms with Crippen molar-refractivity contribution in [2.75, 3.05) is 31.7 Å². The maximum absolute atomic E-state index is 5.32. The Morgan fingerprint density at radius 1 is 1.50 bits per heavy atom. The van der Waals surface area contributed by atoms with Gasteiger partial charge in [0.05, 0.1) is 6.61 Å². The number of nitrogens with one attached hydrogen (secondary N) is 1. The number of likely N-dealkylation sites (N-methyl/N-ethyl adjacent to an activating group) is 1. The molecular formula is C10H20N4OS. The van der Waals surface area contributed by atoms with Crippen molar-refractivity contribution in [2.24, 2.45) is 0 Å². The van der Waals surface area contributed by atoms with Crippen LogP contribution in [0, 0.1) is 4.77 Å². The monoisotopic (exact) mass is 244 g/mol. The van der Waals surface area contributed by atoms with Gasteiger partial charge < -0.3 is 9.64 Å². The molecule has 0 aliphatic rings. The minimum absolute atomic E-state index is 0.681. The van der Waals surface area contributed by atoms with Gasteiger partial charge in [0.15, 0.2) is 4.77 Å². The number of rotatable bonds is 7. The summed E-state index contributed by atoms with van der Waals surface area (Å²) in [5.41, 5.74) is 0. The molecule has 92 valence electrons. The summed E-state index contributed by atoms with van der Waals surface area (Å²) < 4.78 is 8.01. The topological polar surface area (TPSA) is 46.1 Å². The van der Waals surface area contributed by atoms with Gasteiger partial charge in [0.1, 0.15) is 0 Å². The average Bonchev–Trinajstić information content (AvgIpc) is 2.62. The lowest BCUT2D eigenvalue weighted by Gasteiger charge is -2.18. The number of nitrogens with zero attached hydrogens (tertiary/aromatic N) is 3. The molecule has 0 fully saturated rings. The Morgan fingerprint density at radius 2 is 2.25 bits per heavy atom. The molecule has 1 aromatic heterocycles. The highest BCUT2D eigenvalue weighted by atomic mass is 32.1. The van der Waals surface area contributed by atoms with Gasteiger partial charge in [-0.05, 0) is 25.6 Å². The highest BCUT2D eigenvalue weighted by molar-refractivity contribution is 7.71. The zero-order chi connectivity index (χ0) is 12.0. The van der Waals surface area contributed by atoms with Crippen molar-refractivity contribution in [1.82, 2.24) is 14.8 Å². The number of aromatic amines is 1. The van der Waals surface area contributed by atoms with Gasteiger partial charge in [0.2, 0.25) is 5.95 Å². The molecule has 1 rings (SSSR count). The van der Waals surface area contributed by atoms with Crippen LogP contribution in [0.4, 0.5) is 5.95 Å². The number of anilines is 1. The van der Waals surface area contributed by atoms with Crippen LogP contribution in [0.5, 0.6) is 0 Å². The van der Waals surface area contributed by atoms with Gasteiger partial charge >= 0.3 is 0 Å². The molecule has 0 saturated carbocycles.